The summed E-state index contributed by atoms with van der Waals surface area (Å²) in [5, 5.41) is 9.55. The van der Waals surface area contributed by atoms with Crippen molar-refractivity contribution in [2.75, 3.05) is 19.0 Å². The van der Waals surface area contributed by atoms with E-state index < -0.39 is 22.0 Å². The minimum atomic E-state index is -4.07. The van der Waals surface area contributed by atoms with Crippen molar-refractivity contribution < 1.29 is 23.1 Å². The van der Waals surface area contributed by atoms with Crippen LogP contribution in [-0.2, 0) is 19.6 Å². The summed E-state index contributed by atoms with van der Waals surface area (Å²) in [4.78, 5) is 25.5. The Labute approximate surface area is 170 Å². The topological polar surface area (TPSA) is 95.0 Å². The third-order valence-electron chi connectivity index (χ3n) is 4.57. The van der Waals surface area contributed by atoms with Gasteiger partial charge in [-0.1, -0.05) is 24.1 Å². The standard InChI is InChI=1S/C21H22N2O5S/c1-4-16-10-12-18(13-11-16)29(27,28)23(3)19(21(25)26)14-15-20(24)22(2)17-8-6-5-7-9-17/h1,5-13,19H,14-15H2,2-3H3,(H,25,26)/t19-/m1/s1. The van der Waals surface area contributed by atoms with E-state index in [4.69, 9.17) is 6.42 Å². The molecule has 0 spiro atoms. The highest BCUT2D eigenvalue weighted by molar-refractivity contribution is 7.89. The molecule has 0 radical (unpaired) electrons. The van der Waals surface area contributed by atoms with E-state index in [-0.39, 0.29) is 23.6 Å². The lowest BCUT2D eigenvalue weighted by Gasteiger charge is -2.25. The van der Waals surface area contributed by atoms with Gasteiger partial charge in [0.05, 0.1) is 4.90 Å². The van der Waals surface area contributed by atoms with Gasteiger partial charge in [-0.3, -0.25) is 9.59 Å². The third-order valence-corrected chi connectivity index (χ3v) is 6.45. The number of nitrogens with zero attached hydrogens (tertiary/aromatic N) is 2. The van der Waals surface area contributed by atoms with E-state index in [9.17, 15) is 23.1 Å². The Kier molecular flexibility index (Phi) is 7.15. The molecule has 0 aliphatic heterocycles. The smallest absolute Gasteiger partial charge is 0.322 e. The maximum absolute atomic E-state index is 12.8. The van der Waals surface area contributed by atoms with Crippen molar-refractivity contribution in [3.63, 3.8) is 0 Å². The lowest BCUT2D eigenvalue weighted by molar-refractivity contribution is -0.141. The molecule has 2 aromatic rings. The first-order valence-corrected chi connectivity index (χ1v) is 10.2. The van der Waals surface area contributed by atoms with Crippen LogP contribution in [0.4, 0.5) is 5.69 Å². The Bertz CT molecular complexity index is 1010. The molecule has 0 bridgehead atoms. The number of anilines is 1. The molecule has 0 saturated heterocycles. The van der Waals surface area contributed by atoms with Gasteiger partial charge in [-0.15, -0.1) is 6.42 Å². The van der Waals surface area contributed by atoms with E-state index in [0.717, 1.165) is 4.31 Å². The first-order chi connectivity index (χ1) is 13.7. The molecule has 2 rings (SSSR count). The largest absolute Gasteiger partial charge is 0.480 e. The Balaban J connectivity index is 2.14. The van der Waals surface area contributed by atoms with Gasteiger partial charge in [-0.05, 0) is 42.8 Å². The quantitative estimate of drug-likeness (QED) is 0.668. The van der Waals surface area contributed by atoms with Gasteiger partial charge in [-0.25, -0.2) is 8.42 Å². The first-order valence-electron chi connectivity index (χ1n) is 8.77. The van der Waals surface area contributed by atoms with Crippen molar-refractivity contribution in [1.82, 2.24) is 4.31 Å². The van der Waals surface area contributed by atoms with Gasteiger partial charge in [0.15, 0.2) is 0 Å². The van der Waals surface area contributed by atoms with Gasteiger partial charge in [0.25, 0.3) is 0 Å². The molecule has 1 atom stereocenters. The number of hydrogen-bond acceptors (Lipinski definition) is 4. The van der Waals surface area contributed by atoms with E-state index in [1.54, 1.807) is 31.3 Å². The molecule has 0 heterocycles. The van der Waals surface area contributed by atoms with E-state index in [1.807, 2.05) is 6.07 Å². The van der Waals surface area contributed by atoms with Gasteiger partial charge >= 0.3 is 5.97 Å². The van der Waals surface area contributed by atoms with Gasteiger partial charge < -0.3 is 10.0 Å². The first kappa shape index (κ1) is 22.1. The van der Waals surface area contributed by atoms with Crippen molar-refractivity contribution in [2.24, 2.45) is 0 Å². The summed E-state index contributed by atoms with van der Waals surface area (Å²) in [6, 6.07) is 13.1. The van der Waals surface area contributed by atoms with Crippen molar-refractivity contribution in [1.29, 1.82) is 0 Å². The molecule has 2 aromatic carbocycles. The monoisotopic (exact) mass is 414 g/mol. The van der Waals surface area contributed by atoms with Crippen LogP contribution in [0.1, 0.15) is 18.4 Å². The predicted molar refractivity (Wildman–Crippen MR) is 110 cm³/mol. The normalized spacial score (nSPS) is 12.2. The molecule has 0 aromatic heterocycles. The number of carboxylic acids is 1. The summed E-state index contributed by atoms with van der Waals surface area (Å²) >= 11 is 0. The number of hydrogen-bond donors (Lipinski definition) is 1. The average Bonchev–Trinajstić information content (AvgIpc) is 2.73. The zero-order valence-electron chi connectivity index (χ0n) is 16.1. The Hall–Kier alpha value is -3.15. The van der Waals surface area contributed by atoms with Crippen LogP contribution in [-0.4, -0.2) is 49.8 Å². The molecule has 1 amide bonds. The molecule has 1 N–H and O–H groups in total. The number of terminal acetylenes is 1. The number of carboxylic acid groups (broad SMARTS) is 1. The fraction of sp³-hybridized carbons (Fsp3) is 0.238. The molecular formula is C21H22N2O5S. The average molecular weight is 414 g/mol. The molecule has 8 heteroatoms. The van der Waals surface area contributed by atoms with Gasteiger partial charge in [0.1, 0.15) is 6.04 Å². The zero-order valence-corrected chi connectivity index (χ0v) is 17.0. The molecule has 0 aliphatic carbocycles. The van der Waals surface area contributed by atoms with Gasteiger partial charge in [0, 0.05) is 31.8 Å². The second-order valence-corrected chi connectivity index (χ2v) is 8.37. The van der Waals surface area contributed by atoms with E-state index in [2.05, 4.69) is 5.92 Å². The summed E-state index contributed by atoms with van der Waals surface area (Å²) in [5.41, 5.74) is 1.18. The van der Waals surface area contributed by atoms with E-state index in [1.165, 1.54) is 36.2 Å². The van der Waals surface area contributed by atoms with Crippen molar-refractivity contribution in [2.45, 2.75) is 23.8 Å². The van der Waals surface area contributed by atoms with E-state index >= 15 is 0 Å². The van der Waals surface area contributed by atoms with Crippen LogP contribution in [0.3, 0.4) is 0 Å². The number of benzene rings is 2. The maximum Gasteiger partial charge on any atom is 0.322 e. The summed E-state index contributed by atoms with van der Waals surface area (Å²) in [6.45, 7) is 0. The number of carbonyl (C=O) groups excluding carboxylic acids is 1. The molecule has 29 heavy (non-hydrogen) atoms. The molecule has 0 fully saturated rings. The van der Waals surface area contributed by atoms with Gasteiger partial charge in [0.2, 0.25) is 15.9 Å². The van der Waals surface area contributed by atoms with Crippen LogP contribution < -0.4 is 4.90 Å². The van der Waals surface area contributed by atoms with Crippen molar-refractivity contribution >= 4 is 27.6 Å². The van der Waals surface area contributed by atoms with E-state index in [0.29, 0.717) is 11.3 Å². The molecule has 152 valence electrons. The highest BCUT2D eigenvalue weighted by atomic mass is 32.2. The minimum Gasteiger partial charge on any atom is -0.480 e. The summed E-state index contributed by atoms with van der Waals surface area (Å²) in [5.74, 6) is 0.747. The Morgan fingerprint density at radius 2 is 1.66 bits per heavy atom. The third kappa shape index (κ3) is 5.22. The zero-order chi connectivity index (χ0) is 21.6. The lowest BCUT2D eigenvalue weighted by Crippen LogP contribution is -2.43. The van der Waals surface area contributed by atoms with Crippen LogP contribution in [0, 0.1) is 12.3 Å². The highest BCUT2D eigenvalue weighted by Gasteiger charge is 2.33. The number of sulfonamides is 1. The molecule has 0 unspecified atom stereocenters. The summed E-state index contributed by atoms with van der Waals surface area (Å²) in [6.07, 6.45) is 4.98. The van der Waals surface area contributed by atoms with Crippen LogP contribution in [0.2, 0.25) is 0 Å². The number of amides is 1. The van der Waals surface area contributed by atoms with Crippen molar-refractivity contribution in [3.8, 4) is 12.3 Å². The lowest BCUT2D eigenvalue weighted by atomic mass is 10.1. The van der Waals surface area contributed by atoms with Crippen LogP contribution in [0.5, 0.6) is 0 Å². The highest BCUT2D eigenvalue weighted by Crippen LogP contribution is 2.21. The van der Waals surface area contributed by atoms with Crippen LogP contribution in [0.15, 0.2) is 59.5 Å². The fourth-order valence-electron chi connectivity index (χ4n) is 2.74. The second kappa shape index (κ2) is 9.37. The van der Waals surface area contributed by atoms with Crippen LogP contribution in [0.25, 0.3) is 0 Å². The number of aliphatic carboxylic acids is 1. The maximum atomic E-state index is 12.8. The molecular weight excluding hydrogens is 392 g/mol. The fourth-order valence-corrected chi connectivity index (χ4v) is 4.08. The number of likely N-dealkylation sites (N-methyl/N-ethyl adjacent to an activating group) is 1. The molecule has 0 aliphatic rings. The van der Waals surface area contributed by atoms with Gasteiger partial charge in [-0.2, -0.15) is 4.31 Å². The molecule has 7 nitrogen and oxygen atoms in total. The Morgan fingerprint density at radius 1 is 1.07 bits per heavy atom. The minimum absolute atomic E-state index is 0.0713. The summed E-state index contributed by atoms with van der Waals surface area (Å²) < 4.78 is 26.4. The number of para-hydroxylation sites is 1. The summed E-state index contributed by atoms with van der Waals surface area (Å²) in [7, 11) is -1.30. The number of rotatable bonds is 8. The Morgan fingerprint density at radius 3 is 2.17 bits per heavy atom. The molecule has 0 saturated carbocycles. The van der Waals surface area contributed by atoms with Crippen LogP contribution >= 0.6 is 0 Å². The number of carbonyl (C=O) groups is 2. The predicted octanol–water partition coefficient (Wildman–Crippen LogP) is 2.18. The second-order valence-electron chi connectivity index (χ2n) is 6.37. The van der Waals surface area contributed by atoms with Crippen molar-refractivity contribution in [3.05, 3.63) is 60.2 Å². The SMILES string of the molecule is C#Cc1ccc(S(=O)(=O)N(C)[C@H](CCC(=O)N(C)c2ccccc2)C(=O)O)cc1.